The lowest BCUT2D eigenvalue weighted by molar-refractivity contribution is -0.136. The molecule has 0 saturated heterocycles. The Labute approximate surface area is 145 Å². The van der Waals surface area contributed by atoms with Gasteiger partial charge in [0.1, 0.15) is 0 Å². The third kappa shape index (κ3) is 3.05. The average Bonchev–Trinajstić information content (AvgIpc) is 2.71. The highest BCUT2D eigenvalue weighted by Crippen LogP contribution is 2.28. The fourth-order valence-electron chi connectivity index (χ4n) is 2.66. The second kappa shape index (κ2) is 6.49. The zero-order valence-corrected chi connectivity index (χ0v) is 14.1. The molecule has 4 nitrogen and oxygen atoms in total. The quantitative estimate of drug-likeness (QED) is 0.779. The van der Waals surface area contributed by atoms with Crippen LogP contribution < -0.4 is 4.90 Å². The number of hydrogen-bond donors (Lipinski definition) is 0. The summed E-state index contributed by atoms with van der Waals surface area (Å²) in [6.07, 6.45) is 1.67. The van der Waals surface area contributed by atoms with E-state index in [1.807, 2.05) is 31.2 Å². The van der Waals surface area contributed by atoms with Gasteiger partial charge in [0.2, 0.25) is 0 Å². The molecule has 1 aliphatic heterocycles. The lowest BCUT2D eigenvalue weighted by Crippen LogP contribution is -2.33. The van der Waals surface area contributed by atoms with Gasteiger partial charge in [0.25, 0.3) is 5.91 Å². The fraction of sp³-hybridized carbons (Fsp3) is 0.158. The largest absolute Gasteiger partial charge is 0.466 e. The summed E-state index contributed by atoms with van der Waals surface area (Å²) in [4.78, 5) is 26.6. The third-order valence-corrected chi connectivity index (χ3v) is 4.18. The number of hydrogen-bond acceptors (Lipinski definition) is 3. The van der Waals surface area contributed by atoms with Crippen molar-refractivity contribution in [3.05, 3.63) is 69.8 Å². The van der Waals surface area contributed by atoms with Gasteiger partial charge in [-0.3, -0.25) is 4.79 Å². The monoisotopic (exact) mass is 341 g/mol. The number of benzene rings is 2. The van der Waals surface area contributed by atoms with Crippen molar-refractivity contribution in [3.63, 3.8) is 0 Å². The Kier molecular flexibility index (Phi) is 4.40. The van der Waals surface area contributed by atoms with Crippen LogP contribution in [0.25, 0.3) is 6.08 Å². The smallest absolute Gasteiger partial charge is 0.335 e. The molecule has 0 atom stereocenters. The molecule has 0 saturated carbocycles. The van der Waals surface area contributed by atoms with E-state index < -0.39 is 5.97 Å². The van der Waals surface area contributed by atoms with E-state index in [0.717, 1.165) is 11.3 Å². The van der Waals surface area contributed by atoms with Crippen LogP contribution in [0.3, 0.4) is 0 Å². The number of esters is 1. The van der Waals surface area contributed by atoms with E-state index in [-0.39, 0.29) is 12.5 Å². The summed E-state index contributed by atoms with van der Waals surface area (Å²) < 4.78 is 4.85. The number of carbonyl (C=O) groups excluding carboxylic acids is 2. The molecule has 0 unspecified atom stereocenters. The first-order valence-electron chi connectivity index (χ1n) is 7.46. The SMILES string of the molecule is COC(=O)C1=Cc2cc(Cl)ccc2C(=O)N(c2ccc(C)cc2)C1. The Hall–Kier alpha value is -2.59. The van der Waals surface area contributed by atoms with Gasteiger partial charge in [-0.1, -0.05) is 29.3 Å². The van der Waals surface area contributed by atoms with E-state index in [1.165, 1.54) is 7.11 Å². The van der Waals surface area contributed by atoms with Crippen molar-refractivity contribution in [2.24, 2.45) is 0 Å². The summed E-state index contributed by atoms with van der Waals surface area (Å²) in [5.74, 6) is -0.645. The van der Waals surface area contributed by atoms with Gasteiger partial charge in [-0.15, -0.1) is 0 Å². The van der Waals surface area contributed by atoms with E-state index >= 15 is 0 Å². The number of halogens is 1. The molecule has 3 rings (SSSR count). The summed E-state index contributed by atoms with van der Waals surface area (Å²) in [5.41, 5.74) is 3.33. The Morgan fingerprint density at radius 1 is 1.17 bits per heavy atom. The normalized spacial score (nSPS) is 13.9. The van der Waals surface area contributed by atoms with Gasteiger partial charge in [0.05, 0.1) is 19.2 Å². The van der Waals surface area contributed by atoms with Crippen LogP contribution in [0.15, 0.2) is 48.0 Å². The third-order valence-electron chi connectivity index (χ3n) is 3.94. The maximum Gasteiger partial charge on any atom is 0.335 e. The fourth-order valence-corrected chi connectivity index (χ4v) is 2.84. The van der Waals surface area contributed by atoms with Crippen LogP contribution in [0, 0.1) is 6.92 Å². The van der Waals surface area contributed by atoms with Gasteiger partial charge in [-0.25, -0.2) is 4.79 Å². The molecule has 0 fully saturated rings. The summed E-state index contributed by atoms with van der Waals surface area (Å²) in [7, 11) is 1.32. The van der Waals surface area contributed by atoms with Crippen molar-refractivity contribution >= 4 is 35.2 Å². The second-order valence-electron chi connectivity index (χ2n) is 5.62. The summed E-state index contributed by atoms with van der Waals surface area (Å²) in [6.45, 7) is 2.12. The standard InChI is InChI=1S/C19H16ClNO3/c1-12-3-6-16(7-4-12)21-11-14(19(23)24-2)9-13-10-15(20)5-8-17(13)18(21)22/h3-10H,11H2,1-2H3. The molecule has 0 radical (unpaired) electrons. The highest BCUT2D eigenvalue weighted by atomic mass is 35.5. The minimum atomic E-state index is -0.465. The molecule has 1 aliphatic rings. The van der Waals surface area contributed by atoms with Gasteiger partial charge in [-0.05, 0) is 48.9 Å². The first-order valence-corrected chi connectivity index (χ1v) is 7.84. The topological polar surface area (TPSA) is 46.6 Å². The summed E-state index contributed by atoms with van der Waals surface area (Å²) in [6, 6.07) is 12.6. The number of amides is 1. The van der Waals surface area contributed by atoms with Gasteiger partial charge >= 0.3 is 5.97 Å². The predicted molar refractivity (Wildman–Crippen MR) is 94.3 cm³/mol. The molecule has 24 heavy (non-hydrogen) atoms. The van der Waals surface area contributed by atoms with Crippen LogP contribution in [0.4, 0.5) is 5.69 Å². The lowest BCUT2D eigenvalue weighted by Gasteiger charge is -2.22. The second-order valence-corrected chi connectivity index (χ2v) is 6.06. The zero-order valence-electron chi connectivity index (χ0n) is 13.4. The van der Waals surface area contributed by atoms with Crippen molar-refractivity contribution in [1.29, 1.82) is 0 Å². The summed E-state index contributed by atoms with van der Waals surface area (Å²) >= 11 is 6.04. The Balaban J connectivity index is 2.13. The minimum Gasteiger partial charge on any atom is -0.466 e. The van der Waals surface area contributed by atoms with Crippen molar-refractivity contribution in [2.75, 3.05) is 18.6 Å². The van der Waals surface area contributed by atoms with Crippen LogP contribution in [0.5, 0.6) is 0 Å². The number of anilines is 1. The van der Waals surface area contributed by atoms with Crippen LogP contribution in [-0.4, -0.2) is 25.5 Å². The number of aryl methyl sites for hydroxylation is 1. The molecule has 0 N–H and O–H groups in total. The maximum atomic E-state index is 13.0. The molecule has 2 aromatic rings. The lowest BCUT2D eigenvalue weighted by atomic mass is 10.1. The molecular formula is C19H16ClNO3. The molecule has 122 valence electrons. The van der Waals surface area contributed by atoms with Crippen LogP contribution in [0.2, 0.25) is 5.02 Å². The predicted octanol–water partition coefficient (Wildman–Crippen LogP) is 3.87. The Bertz CT molecular complexity index is 840. The molecule has 2 aromatic carbocycles. The van der Waals surface area contributed by atoms with Crippen molar-refractivity contribution in [1.82, 2.24) is 0 Å². The zero-order chi connectivity index (χ0) is 17.3. The number of methoxy groups -OCH3 is 1. The van der Waals surface area contributed by atoms with Crippen molar-refractivity contribution in [3.8, 4) is 0 Å². The van der Waals surface area contributed by atoms with Crippen molar-refractivity contribution in [2.45, 2.75) is 6.92 Å². The Morgan fingerprint density at radius 3 is 2.54 bits per heavy atom. The molecule has 1 heterocycles. The van der Waals surface area contributed by atoms with Gasteiger partial charge in [0.15, 0.2) is 0 Å². The van der Waals surface area contributed by atoms with Crippen LogP contribution in [-0.2, 0) is 9.53 Å². The molecular weight excluding hydrogens is 326 g/mol. The molecule has 0 bridgehead atoms. The highest BCUT2D eigenvalue weighted by molar-refractivity contribution is 6.31. The summed E-state index contributed by atoms with van der Waals surface area (Å²) in [5, 5.41) is 0.505. The number of ether oxygens (including phenoxy) is 1. The molecule has 0 aliphatic carbocycles. The molecule has 1 amide bonds. The van der Waals surface area contributed by atoms with E-state index in [0.29, 0.717) is 21.7 Å². The van der Waals surface area contributed by atoms with E-state index in [2.05, 4.69) is 0 Å². The average molecular weight is 342 g/mol. The van der Waals surface area contributed by atoms with Crippen LogP contribution in [0.1, 0.15) is 21.5 Å². The van der Waals surface area contributed by atoms with Crippen molar-refractivity contribution < 1.29 is 14.3 Å². The van der Waals surface area contributed by atoms with E-state index in [9.17, 15) is 9.59 Å². The molecule has 0 spiro atoms. The first kappa shape index (κ1) is 16.3. The number of carbonyl (C=O) groups is 2. The van der Waals surface area contributed by atoms with Gasteiger partial charge < -0.3 is 9.64 Å². The number of fused-ring (bicyclic) bond motifs is 1. The van der Waals surface area contributed by atoms with Gasteiger partial charge in [-0.2, -0.15) is 0 Å². The number of rotatable bonds is 2. The van der Waals surface area contributed by atoms with E-state index in [4.69, 9.17) is 16.3 Å². The highest BCUT2D eigenvalue weighted by Gasteiger charge is 2.27. The van der Waals surface area contributed by atoms with Crippen LogP contribution >= 0.6 is 11.6 Å². The maximum absolute atomic E-state index is 13.0. The Morgan fingerprint density at radius 2 is 1.88 bits per heavy atom. The molecule has 0 aromatic heterocycles. The van der Waals surface area contributed by atoms with Gasteiger partial charge in [0, 0.05) is 16.3 Å². The molecule has 5 heteroatoms. The number of nitrogens with zero attached hydrogens (tertiary/aromatic N) is 1. The minimum absolute atomic E-state index is 0.140. The first-order chi connectivity index (χ1) is 11.5. The van der Waals surface area contributed by atoms with E-state index in [1.54, 1.807) is 29.2 Å².